The van der Waals surface area contributed by atoms with E-state index in [2.05, 4.69) is 31.0 Å². The Bertz CT molecular complexity index is 867. The van der Waals surface area contributed by atoms with Gasteiger partial charge in [-0.2, -0.15) is 0 Å². The number of aromatic nitrogens is 2. The number of nitrogens with zero attached hydrogens (tertiary/aromatic N) is 2. The SMILES string of the molecule is Cc1noc(NS(=O)(=O)c2ccc(-c3ccon3)s2)c1Br. The first kappa shape index (κ1) is 14.3. The van der Waals surface area contributed by atoms with E-state index >= 15 is 0 Å². The van der Waals surface area contributed by atoms with Crippen molar-refractivity contribution in [2.24, 2.45) is 0 Å². The zero-order valence-electron chi connectivity index (χ0n) is 10.5. The number of aryl methyl sites for hydroxylation is 1. The Hall–Kier alpha value is -1.65. The Balaban J connectivity index is 1.90. The quantitative estimate of drug-likeness (QED) is 0.734. The number of anilines is 1. The van der Waals surface area contributed by atoms with Gasteiger partial charge in [-0.1, -0.05) is 10.3 Å². The molecule has 0 amide bonds. The Morgan fingerprint density at radius 1 is 1.29 bits per heavy atom. The highest BCUT2D eigenvalue weighted by molar-refractivity contribution is 9.10. The molecule has 3 aromatic heterocycles. The van der Waals surface area contributed by atoms with Crippen LogP contribution in [0.3, 0.4) is 0 Å². The molecule has 0 aliphatic heterocycles. The molecule has 0 bridgehead atoms. The highest BCUT2D eigenvalue weighted by Crippen LogP contribution is 2.32. The highest BCUT2D eigenvalue weighted by Gasteiger charge is 2.22. The largest absolute Gasteiger partial charge is 0.364 e. The summed E-state index contributed by atoms with van der Waals surface area (Å²) in [7, 11) is -3.75. The summed E-state index contributed by atoms with van der Waals surface area (Å²) in [5, 5.41) is 7.44. The Morgan fingerprint density at radius 2 is 2.10 bits per heavy atom. The predicted octanol–water partition coefficient (Wildman–Crippen LogP) is 3.26. The lowest BCUT2D eigenvalue weighted by Gasteiger charge is -2.02. The summed E-state index contributed by atoms with van der Waals surface area (Å²) in [6.07, 6.45) is 1.43. The van der Waals surface area contributed by atoms with Crippen LogP contribution in [0.25, 0.3) is 10.6 Å². The van der Waals surface area contributed by atoms with Crippen LogP contribution < -0.4 is 4.72 Å². The Kier molecular flexibility index (Phi) is 3.59. The predicted molar refractivity (Wildman–Crippen MR) is 79.6 cm³/mol. The third-order valence-electron chi connectivity index (χ3n) is 2.55. The average Bonchev–Trinajstić information content (AvgIpc) is 3.14. The first-order valence-corrected chi connectivity index (χ1v) is 8.72. The molecule has 0 unspecified atom stereocenters. The Labute approximate surface area is 132 Å². The first-order valence-electron chi connectivity index (χ1n) is 5.62. The molecule has 0 atom stereocenters. The molecule has 7 nitrogen and oxygen atoms in total. The summed E-state index contributed by atoms with van der Waals surface area (Å²) in [6.45, 7) is 1.69. The van der Waals surface area contributed by atoms with Crippen molar-refractivity contribution in [3.05, 3.63) is 34.6 Å². The summed E-state index contributed by atoms with van der Waals surface area (Å²) in [5.41, 5.74) is 1.14. The molecule has 0 spiro atoms. The van der Waals surface area contributed by atoms with Crippen molar-refractivity contribution in [3.63, 3.8) is 0 Å². The summed E-state index contributed by atoms with van der Waals surface area (Å²) >= 11 is 4.29. The van der Waals surface area contributed by atoms with E-state index in [1.165, 1.54) is 12.3 Å². The average molecular weight is 390 g/mol. The summed E-state index contributed by atoms with van der Waals surface area (Å²) in [5.74, 6) is 0.0453. The van der Waals surface area contributed by atoms with Crippen LogP contribution in [0.5, 0.6) is 0 Å². The van der Waals surface area contributed by atoms with Crippen LogP contribution in [0.1, 0.15) is 5.69 Å². The maximum Gasteiger partial charge on any atom is 0.273 e. The van der Waals surface area contributed by atoms with E-state index in [0.717, 1.165) is 11.3 Å². The van der Waals surface area contributed by atoms with Gasteiger partial charge in [0.15, 0.2) is 0 Å². The standard InChI is InChI=1S/C11H8BrN3O4S2/c1-6-10(12)11(19-13-6)15-21(16,17)9-3-2-8(20-9)7-4-5-18-14-7/h2-5,15H,1H3. The van der Waals surface area contributed by atoms with Gasteiger partial charge >= 0.3 is 0 Å². The molecule has 0 fully saturated rings. The molecule has 0 aliphatic rings. The van der Waals surface area contributed by atoms with Crippen LogP contribution in [0.4, 0.5) is 5.88 Å². The van der Waals surface area contributed by atoms with E-state index < -0.39 is 10.0 Å². The molecule has 21 heavy (non-hydrogen) atoms. The van der Waals surface area contributed by atoms with E-state index in [-0.39, 0.29) is 10.1 Å². The molecule has 0 aromatic carbocycles. The van der Waals surface area contributed by atoms with Crippen molar-refractivity contribution < 1.29 is 17.5 Å². The summed E-state index contributed by atoms with van der Waals surface area (Å²) in [4.78, 5) is 0.692. The molecule has 10 heteroatoms. The monoisotopic (exact) mass is 389 g/mol. The number of thiophene rings is 1. The molecule has 0 saturated heterocycles. The molecular formula is C11H8BrN3O4S2. The third-order valence-corrected chi connectivity index (χ3v) is 6.42. The number of halogens is 1. The molecule has 1 N–H and O–H groups in total. The number of rotatable bonds is 4. The molecule has 0 aliphatic carbocycles. The minimum Gasteiger partial charge on any atom is -0.364 e. The molecular weight excluding hydrogens is 382 g/mol. The second-order valence-electron chi connectivity index (χ2n) is 4.02. The molecule has 3 rings (SSSR count). The van der Waals surface area contributed by atoms with Crippen LogP contribution in [-0.4, -0.2) is 18.7 Å². The van der Waals surface area contributed by atoms with Crippen molar-refractivity contribution >= 4 is 43.2 Å². The Morgan fingerprint density at radius 3 is 2.71 bits per heavy atom. The second-order valence-corrected chi connectivity index (χ2v) is 7.81. The topological polar surface area (TPSA) is 98.2 Å². The van der Waals surface area contributed by atoms with Crippen LogP contribution in [0.15, 0.2) is 42.2 Å². The van der Waals surface area contributed by atoms with Crippen LogP contribution in [0, 0.1) is 6.92 Å². The van der Waals surface area contributed by atoms with Gasteiger partial charge in [-0.05, 0) is 35.0 Å². The maximum absolute atomic E-state index is 12.3. The van der Waals surface area contributed by atoms with Crippen LogP contribution in [-0.2, 0) is 10.0 Å². The molecule has 0 radical (unpaired) electrons. The van der Waals surface area contributed by atoms with Gasteiger partial charge in [0.25, 0.3) is 15.9 Å². The fraction of sp³-hybridized carbons (Fsp3) is 0.0909. The van der Waals surface area contributed by atoms with Gasteiger partial charge in [-0.3, -0.25) is 0 Å². The minimum absolute atomic E-state index is 0.0453. The number of nitrogens with one attached hydrogen (secondary N) is 1. The smallest absolute Gasteiger partial charge is 0.273 e. The lowest BCUT2D eigenvalue weighted by atomic mass is 10.3. The van der Waals surface area contributed by atoms with Gasteiger partial charge in [-0.25, -0.2) is 13.1 Å². The highest BCUT2D eigenvalue weighted by atomic mass is 79.9. The fourth-order valence-corrected chi connectivity index (χ4v) is 4.17. The van der Waals surface area contributed by atoms with Crippen molar-refractivity contribution in [2.75, 3.05) is 4.72 Å². The lowest BCUT2D eigenvalue weighted by Crippen LogP contribution is -2.11. The van der Waals surface area contributed by atoms with Gasteiger partial charge < -0.3 is 9.05 Å². The zero-order chi connectivity index (χ0) is 15.0. The van der Waals surface area contributed by atoms with E-state index in [1.807, 2.05) is 0 Å². The maximum atomic E-state index is 12.3. The minimum atomic E-state index is -3.75. The van der Waals surface area contributed by atoms with Crippen molar-refractivity contribution in [3.8, 4) is 10.6 Å². The van der Waals surface area contributed by atoms with Crippen molar-refractivity contribution in [1.82, 2.24) is 10.3 Å². The van der Waals surface area contributed by atoms with Crippen molar-refractivity contribution in [1.29, 1.82) is 0 Å². The van der Waals surface area contributed by atoms with Crippen molar-refractivity contribution in [2.45, 2.75) is 11.1 Å². The summed E-state index contributed by atoms with van der Waals surface area (Å²) in [6, 6.07) is 4.82. The van der Waals surface area contributed by atoms with Gasteiger partial charge in [0.2, 0.25) is 0 Å². The number of sulfonamides is 1. The van der Waals surface area contributed by atoms with E-state index in [1.54, 1.807) is 19.1 Å². The molecule has 0 saturated carbocycles. The summed E-state index contributed by atoms with van der Waals surface area (Å²) < 4.78 is 37.2. The van der Waals surface area contributed by atoms with Crippen LogP contribution >= 0.6 is 27.3 Å². The van der Waals surface area contributed by atoms with Gasteiger partial charge in [0, 0.05) is 6.07 Å². The lowest BCUT2D eigenvalue weighted by molar-refractivity contribution is 0.422. The van der Waals surface area contributed by atoms with Gasteiger partial charge in [0.1, 0.15) is 20.6 Å². The van der Waals surface area contributed by atoms with E-state index in [9.17, 15) is 8.42 Å². The van der Waals surface area contributed by atoms with E-state index in [4.69, 9.17) is 9.05 Å². The van der Waals surface area contributed by atoms with Crippen LogP contribution in [0.2, 0.25) is 0 Å². The molecule has 3 heterocycles. The normalized spacial score (nSPS) is 11.7. The number of hydrogen-bond acceptors (Lipinski definition) is 7. The first-order chi connectivity index (χ1) is 9.97. The fourth-order valence-electron chi connectivity index (χ4n) is 1.54. The van der Waals surface area contributed by atoms with Gasteiger partial charge in [0.05, 0.1) is 10.6 Å². The molecule has 3 aromatic rings. The molecule has 110 valence electrons. The van der Waals surface area contributed by atoms with Gasteiger partial charge in [-0.15, -0.1) is 11.3 Å². The third kappa shape index (κ3) is 2.74. The van der Waals surface area contributed by atoms with E-state index in [0.29, 0.717) is 20.7 Å². The zero-order valence-corrected chi connectivity index (χ0v) is 13.8. The number of hydrogen-bond donors (Lipinski definition) is 1. The second kappa shape index (κ2) is 5.28.